The number of ether oxygens (including phenoxy) is 1. The van der Waals surface area contributed by atoms with Gasteiger partial charge in [-0.15, -0.1) is 0 Å². The number of carbonyl (C=O) groups is 1. The topological polar surface area (TPSA) is 95.5 Å². The summed E-state index contributed by atoms with van der Waals surface area (Å²) in [5.41, 5.74) is -0.177. The maximum atomic E-state index is 11.2. The molecule has 1 aromatic heterocycles. The fourth-order valence-electron chi connectivity index (χ4n) is 1.97. The molecule has 0 radical (unpaired) electrons. The van der Waals surface area contributed by atoms with Gasteiger partial charge in [0, 0.05) is 19.2 Å². The number of H-pyrrole nitrogens is 1. The molecule has 0 amide bonds. The molecule has 7 nitrogen and oxygen atoms in total. The Morgan fingerprint density at radius 3 is 2.89 bits per heavy atom. The summed E-state index contributed by atoms with van der Waals surface area (Å²) in [5, 5.41) is 8.52. The average Bonchev–Trinajstić information content (AvgIpc) is 2.37. The summed E-state index contributed by atoms with van der Waals surface area (Å²) in [6.45, 7) is 1.16. The lowest BCUT2D eigenvalue weighted by Gasteiger charge is -2.32. The van der Waals surface area contributed by atoms with Crippen molar-refractivity contribution in [3.8, 4) is 0 Å². The minimum Gasteiger partial charge on any atom is -0.480 e. The number of piperidine rings is 1. The molecule has 0 saturated carbocycles. The molecule has 98 valence electrons. The van der Waals surface area contributed by atoms with Gasteiger partial charge in [-0.2, -0.15) is 0 Å². The van der Waals surface area contributed by atoms with Crippen molar-refractivity contribution >= 4 is 11.8 Å². The van der Waals surface area contributed by atoms with Gasteiger partial charge in [0.1, 0.15) is 12.4 Å². The Kier molecular flexibility index (Phi) is 3.93. The molecule has 7 heteroatoms. The molecule has 0 aromatic carbocycles. The van der Waals surface area contributed by atoms with Crippen molar-refractivity contribution in [2.24, 2.45) is 0 Å². The molecule has 0 aliphatic carbocycles. The van der Waals surface area contributed by atoms with Crippen LogP contribution in [0.15, 0.2) is 17.2 Å². The second-order valence-corrected chi connectivity index (χ2v) is 4.16. The lowest BCUT2D eigenvalue weighted by Crippen LogP contribution is -2.38. The third-order valence-corrected chi connectivity index (χ3v) is 2.87. The highest BCUT2D eigenvalue weighted by Crippen LogP contribution is 2.17. The summed E-state index contributed by atoms with van der Waals surface area (Å²) < 4.78 is 5.24. The maximum Gasteiger partial charge on any atom is 0.329 e. The van der Waals surface area contributed by atoms with Crippen LogP contribution in [-0.4, -0.2) is 46.8 Å². The van der Waals surface area contributed by atoms with Crippen LogP contribution in [0.4, 0.5) is 5.82 Å². The summed E-state index contributed by atoms with van der Waals surface area (Å²) in [4.78, 5) is 30.1. The Labute approximate surface area is 103 Å². The van der Waals surface area contributed by atoms with Crippen molar-refractivity contribution in [2.45, 2.75) is 18.9 Å². The molecule has 1 aliphatic heterocycles. The number of aliphatic carboxylic acids is 1. The highest BCUT2D eigenvalue weighted by Gasteiger charge is 2.21. The van der Waals surface area contributed by atoms with Crippen LogP contribution in [0.1, 0.15) is 12.8 Å². The molecule has 1 aromatic rings. The first-order chi connectivity index (χ1) is 8.65. The lowest BCUT2D eigenvalue weighted by molar-refractivity contribution is -0.144. The smallest absolute Gasteiger partial charge is 0.329 e. The standard InChI is InChI=1S/C11H15N3O4/c15-10-5-9(12-7-13-10)14-3-1-8(2-4-14)18-6-11(16)17/h5,7-8H,1-4,6H2,(H,16,17)(H,12,13,15). The molecule has 0 unspecified atom stereocenters. The third kappa shape index (κ3) is 3.30. The van der Waals surface area contributed by atoms with E-state index in [1.807, 2.05) is 4.90 Å². The van der Waals surface area contributed by atoms with Crippen molar-refractivity contribution in [2.75, 3.05) is 24.6 Å². The van der Waals surface area contributed by atoms with E-state index < -0.39 is 5.97 Å². The lowest BCUT2D eigenvalue weighted by atomic mass is 10.1. The summed E-state index contributed by atoms with van der Waals surface area (Å²) in [7, 11) is 0. The molecule has 0 bridgehead atoms. The normalized spacial score (nSPS) is 16.8. The van der Waals surface area contributed by atoms with Crippen LogP contribution < -0.4 is 10.5 Å². The maximum absolute atomic E-state index is 11.2. The summed E-state index contributed by atoms with van der Waals surface area (Å²) in [6.07, 6.45) is 2.83. The van der Waals surface area contributed by atoms with Gasteiger partial charge in [0.2, 0.25) is 0 Å². The van der Waals surface area contributed by atoms with E-state index in [2.05, 4.69) is 9.97 Å². The van der Waals surface area contributed by atoms with Crippen molar-refractivity contribution in [3.63, 3.8) is 0 Å². The average molecular weight is 253 g/mol. The highest BCUT2D eigenvalue weighted by atomic mass is 16.5. The van der Waals surface area contributed by atoms with Gasteiger partial charge in [-0.3, -0.25) is 4.79 Å². The van der Waals surface area contributed by atoms with Crippen molar-refractivity contribution in [1.29, 1.82) is 0 Å². The fourth-order valence-corrected chi connectivity index (χ4v) is 1.97. The number of rotatable bonds is 4. The van der Waals surface area contributed by atoms with E-state index in [9.17, 15) is 9.59 Å². The first kappa shape index (κ1) is 12.6. The molecular weight excluding hydrogens is 238 g/mol. The zero-order valence-corrected chi connectivity index (χ0v) is 9.83. The number of nitrogens with one attached hydrogen (secondary N) is 1. The number of hydrogen-bond acceptors (Lipinski definition) is 5. The van der Waals surface area contributed by atoms with Gasteiger partial charge in [-0.25, -0.2) is 9.78 Å². The zero-order valence-electron chi connectivity index (χ0n) is 9.83. The number of carboxylic acid groups (broad SMARTS) is 1. The van der Waals surface area contributed by atoms with Gasteiger partial charge in [0.25, 0.3) is 5.56 Å². The summed E-state index contributed by atoms with van der Waals surface area (Å²) in [6, 6.07) is 1.46. The number of anilines is 1. The van der Waals surface area contributed by atoms with Crippen LogP contribution in [0.5, 0.6) is 0 Å². The number of hydrogen-bond donors (Lipinski definition) is 2. The van der Waals surface area contributed by atoms with E-state index in [4.69, 9.17) is 9.84 Å². The SMILES string of the molecule is O=C(O)COC1CCN(c2cc(=O)[nH]cn2)CC1. The predicted octanol–water partition coefficient (Wildman–Crippen LogP) is -0.160. The van der Waals surface area contributed by atoms with Gasteiger partial charge in [0.05, 0.1) is 12.4 Å². The zero-order chi connectivity index (χ0) is 13.0. The first-order valence-electron chi connectivity index (χ1n) is 5.78. The Morgan fingerprint density at radius 2 is 2.28 bits per heavy atom. The van der Waals surface area contributed by atoms with Crippen LogP contribution in [0, 0.1) is 0 Å². The third-order valence-electron chi connectivity index (χ3n) is 2.87. The van der Waals surface area contributed by atoms with Crippen LogP contribution in [0.2, 0.25) is 0 Å². The number of aromatic amines is 1. The van der Waals surface area contributed by atoms with Crippen LogP contribution in [0.25, 0.3) is 0 Å². The summed E-state index contributed by atoms with van der Waals surface area (Å²) >= 11 is 0. The molecule has 1 aliphatic rings. The minimum atomic E-state index is -0.950. The molecule has 2 N–H and O–H groups in total. The Morgan fingerprint density at radius 1 is 1.56 bits per heavy atom. The Bertz CT molecular complexity index is 465. The molecule has 0 atom stereocenters. The Hall–Kier alpha value is -1.89. The summed E-state index contributed by atoms with van der Waals surface area (Å²) in [5.74, 6) is -0.302. The molecule has 1 saturated heterocycles. The van der Waals surface area contributed by atoms with E-state index in [-0.39, 0.29) is 18.3 Å². The van der Waals surface area contributed by atoms with E-state index in [1.54, 1.807) is 0 Å². The van der Waals surface area contributed by atoms with Crippen LogP contribution in [0.3, 0.4) is 0 Å². The van der Waals surface area contributed by atoms with Crippen molar-refractivity contribution in [1.82, 2.24) is 9.97 Å². The first-order valence-corrected chi connectivity index (χ1v) is 5.78. The van der Waals surface area contributed by atoms with Crippen molar-refractivity contribution < 1.29 is 14.6 Å². The van der Waals surface area contributed by atoms with Gasteiger partial charge >= 0.3 is 5.97 Å². The second-order valence-electron chi connectivity index (χ2n) is 4.16. The molecule has 18 heavy (non-hydrogen) atoms. The van der Waals surface area contributed by atoms with E-state index >= 15 is 0 Å². The van der Waals surface area contributed by atoms with Crippen LogP contribution in [-0.2, 0) is 9.53 Å². The second kappa shape index (κ2) is 5.63. The van der Waals surface area contributed by atoms with Gasteiger partial charge in [-0.1, -0.05) is 0 Å². The number of aromatic nitrogens is 2. The molecule has 2 heterocycles. The minimum absolute atomic E-state index is 0.0284. The van der Waals surface area contributed by atoms with E-state index in [1.165, 1.54) is 12.4 Å². The van der Waals surface area contributed by atoms with Crippen molar-refractivity contribution in [3.05, 3.63) is 22.7 Å². The molecule has 0 spiro atoms. The molecule has 1 fully saturated rings. The van der Waals surface area contributed by atoms with Gasteiger partial charge < -0.3 is 19.7 Å². The van der Waals surface area contributed by atoms with Gasteiger partial charge in [0.15, 0.2) is 0 Å². The van der Waals surface area contributed by atoms with Gasteiger partial charge in [-0.05, 0) is 12.8 Å². The molecule has 2 rings (SSSR count). The fraction of sp³-hybridized carbons (Fsp3) is 0.545. The van der Waals surface area contributed by atoms with E-state index in [0.717, 1.165) is 12.8 Å². The molecular formula is C11H15N3O4. The quantitative estimate of drug-likeness (QED) is 0.774. The Balaban J connectivity index is 1.86. The van der Waals surface area contributed by atoms with Crippen LogP contribution >= 0.6 is 0 Å². The number of nitrogens with zero attached hydrogens (tertiary/aromatic N) is 2. The predicted molar refractivity (Wildman–Crippen MR) is 63.7 cm³/mol. The monoisotopic (exact) mass is 253 g/mol. The van der Waals surface area contributed by atoms with E-state index in [0.29, 0.717) is 18.9 Å². The largest absolute Gasteiger partial charge is 0.480 e. The highest BCUT2D eigenvalue weighted by molar-refractivity contribution is 5.68. The number of carboxylic acids is 1.